The zero-order chi connectivity index (χ0) is 18.3. The smallest absolute Gasteiger partial charge is 0.191 e. The molecule has 1 aliphatic heterocycles. The van der Waals surface area contributed by atoms with E-state index in [1.807, 2.05) is 0 Å². The Hall–Kier alpha value is -0.120. The number of guanidine groups is 1. The topological polar surface area (TPSA) is 58.1 Å². The Morgan fingerprint density at radius 3 is 2.42 bits per heavy atom. The second-order valence-electron chi connectivity index (χ2n) is 6.93. The molecule has 0 aliphatic carbocycles. The Morgan fingerprint density at radius 2 is 1.81 bits per heavy atom. The average molecular weight is 484 g/mol. The fourth-order valence-corrected chi connectivity index (χ4v) is 2.91. The number of nitrogens with one attached hydrogen (secondary N) is 2. The lowest BCUT2D eigenvalue weighted by Crippen LogP contribution is -2.48. The lowest BCUT2D eigenvalue weighted by atomic mass is 10.0. The van der Waals surface area contributed by atoms with Crippen LogP contribution in [0.3, 0.4) is 0 Å². The van der Waals surface area contributed by atoms with E-state index in [9.17, 15) is 0 Å². The van der Waals surface area contributed by atoms with Gasteiger partial charge < -0.3 is 20.1 Å². The summed E-state index contributed by atoms with van der Waals surface area (Å²) in [6, 6.07) is 0.469. The summed E-state index contributed by atoms with van der Waals surface area (Å²) in [5, 5.41) is 6.77. The molecule has 1 saturated heterocycles. The highest BCUT2D eigenvalue weighted by Gasteiger charge is 2.23. The molecular formula is C19H41IN4O2. The molecule has 2 N–H and O–H groups in total. The van der Waals surface area contributed by atoms with E-state index >= 15 is 0 Å². The van der Waals surface area contributed by atoms with Gasteiger partial charge in [0.15, 0.2) is 5.96 Å². The Bertz CT molecular complexity index is 350. The lowest BCUT2D eigenvalue weighted by Gasteiger charge is -2.36. The summed E-state index contributed by atoms with van der Waals surface area (Å²) in [6.07, 6.45) is 3.34. The fourth-order valence-electron chi connectivity index (χ4n) is 2.91. The largest absolute Gasteiger partial charge is 0.381 e. The van der Waals surface area contributed by atoms with Gasteiger partial charge in [0.2, 0.25) is 0 Å². The van der Waals surface area contributed by atoms with Crippen LogP contribution in [0.15, 0.2) is 4.99 Å². The number of nitrogens with zero attached hydrogens (tertiary/aromatic N) is 2. The van der Waals surface area contributed by atoms with Crippen LogP contribution in [0.5, 0.6) is 0 Å². The van der Waals surface area contributed by atoms with Crippen molar-refractivity contribution in [3.8, 4) is 0 Å². The van der Waals surface area contributed by atoms with Gasteiger partial charge in [0, 0.05) is 45.4 Å². The first-order valence-corrected chi connectivity index (χ1v) is 10.1. The summed E-state index contributed by atoms with van der Waals surface area (Å²) >= 11 is 0. The number of morpholine rings is 1. The second-order valence-corrected chi connectivity index (χ2v) is 6.93. The highest BCUT2D eigenvalue weighted by atomic mass is 127. The number of aliphatic imine (C=N–C) groups is 1. The molecule has 1 heterocycles. The van der Waals surface area contributed by atoms with Crippen molar-refractivity contribution < 1.29 is 9.47 Å². The van der Waals surface area contributed by atoms with E-state index in [0.717, 1.165) is 78.0 Å². The van der Waals surface area contributed by atoms with E-state index in [0.29, 0.717) is 12.0 Å². The van der Waals surface area contributed by atoms with E-state index in [2.05, 4.69) is 43.2 Å². The maximum atomic E-state index is 5.61. The summed E-state index contributed by atoms with van der Waals surface area (Å²) in [6.45, 7) is 16.8. The van der Waals surface area contributed by atoms with Gasteiger partial charge in [-0.25, -0.2) is 0 Å². The van der Waals surface area contributed by atoms with Gasteiger partial charge in [-0.15, -0.1) is 24.0 Å². The van der Waals surface area contributed by atoms with Crippen molar-refractivity contribution in [1.29, 1.82) is 0 Å². The predicted molar refractivity (Wildman–Crippen MR) is 121 cm³/mol. The Balaban J connectivity index is 0.00000625. The molecule has 0 aromatic heterocycles. The van der Waals surface area contributed by atoms with E-state index < -0.39 is 0 Å². The minimum absolute atomic E-state index is 0. The average Bonchev–Trinajstić information content (AvgIpc) is 2.61. The predicted octanol–water partition coefficient (Wildman–Crippen LogP) is 2.72. The van der Waals surface area contributed by atoms with E-state index in [4.69, 9.17) is 14.5 Å². The van der Waals surface area contributed by atoms with Gasteiger partial charge in [-0.1, -0.05) is 27.2 Å². The molecule has 1 atom stereocenters. The fraction of sp³-hybridized carbons (Fsp3) is 0.947. The van der Waals surface area contributed by atoms with E-state index in [-0.39, 0.29) is 24.0 Å². The number of unbranched alkanes of at least 4 members (excludes halogenated alkanes) is 1. The van der Waals surface area contributed by atoms with Crippen LogP contribution in [0.2, 0.25) is 0 Å². The SMILES string of the molecule is CCCCOCCCNC(=NCC(C(C)C)N1CCOCC1)NCC.I. The van der Waals surface area contributed by atoms with Crippen LogP contribution >= 0.6 is 24.0 Å². The monoisotopic (exact) mass is 484 g/mol. The molecule has 1 unspecified atom stereocenters. The first-order chi connectivity index (χ1) is 12.2. The van der Waals surface area contributed by atoms with Crippen molar-refractivity contribution in [3.63, 3.8) is 0 Å². The lowest BCUT2D eigenvalue weighted by molar-refractivity contribution is 0.00867. The molecule has 26 heavy (non-hydrogen) atoms. The molecule has 0 aromatic carbocycles. The molecule has 156 valence electrons. The van der Waals surface area contributed by atoms with Gasteiger partial charge in [-0.05, 0) is 25.7 Å². The molecule has 0 bridgehead atoms. The molecule has 0 amide bonds. The normalized spacial score (nSPS) is 17.0. The van der Waals surface area contributed by atoms with Crippen LogP contribution in [-0.4, -0.2) is 76.1 Å². The summed E-state index contributed by atoms with van der Waals surface area (Å²) in [5.41, 5.74) is 0. The number of rotatable bonds is 12. The highest BCUT2D eigenvalue weighted by Crippen LogP contribution is 2.13. The molecule has 1 rings (SSSR count). The van der Waals surface area contributed by atoms with Gasteiger partial charge in [-0.3, -0.25) is 9.89 Å². The Labute approximate surface area is 177 Å². The highest BCUT2D eigenvalue weighted by molar-refractivity contribution is 14.0. The second kappa shape index (κ2) is 17.0. The Kier molecular flexibility index (Phi) is 16.9. The standard InChI is InChI=1S/C19H40N4O2.HI/c1-5-7-12-24-13-8-9-21-19(20-6-2)22-16-18(17(3)4)23-10-14-25-15-11-23;/h17-18H,5-16H2,1-4H3,(H2,20,21,22);1H. The third-order valence-corrected chi connectivity index (χ3v) is 4.47. The van der Waals surface area contributed by atoms with E-state index in [1.54, 1.807) is 0 Å². The molecule has 6 nitrogen and oxygen atoms in total. The third-order valence-electron chi connectivity index (χ3n) is 4.47. The van der Waals surface area contributed by atoms with Crippen LogP contribution in [0.1, 0.15) is 47.0 Å². The van der Waals surface area contributed by atoms with Gasteiger partial charge in [0.25, 0.3) is 0 Å². The summed E-state index contributed by atoms with van der Waals surface area (Å²) in [7, 11) is 0. The molecule has 0 spiro atoms. The summed E-state index contributed by atoms with van der Waals surface area (Å²) < 4.78 is 11.1. The number of ether oxygens (including phenoxy) is 2. The molecule has 1 aliphatic rings. The summed E-state index contributed by atoms with van der Waals surface area (Å²) in [5.74, 6) is 1.49. The quantitative estimate of drug-likeness (QED) is 0.193. The van der Waals surface area contributed by atoms with Crippen molar-refractivity contribution in [3.05, 3.63) is 0 Å². The van der Waals surface area contributed by atoms with Crippen molar-refractivity contribution in [2.24, 2.45) is 10.9 Å². The van der Waals surface area contributed by atoms with Crippen LogP contribution in [0.4, 0.5) is 0 Å². The van der Waals surface area contributed by atoms with Crippen LogP contribution in [-0.2, 0) is 9.47 Å². The van der Waals surface area contributed by atoms with Crippen LogP contribution in [0, 0.1) is 5.92 Å². The maximum absolute atomic E-state index is 5.61. The minimum Gasteiger partial charge on any atom is -0.381 e. The van der Waals surface area contributed by atoms with Crippen LogP contribution in [0.25, 0.3) is 0 Å². The zero-order valence-electron chi connectivity index (χ0n) is 17.3. The maximum Gasteiger partial charge on any atom is 0.191 e. The van der Waals surface area contributed by atoms with E-state index in [1.165, 1.54) is 6.42 Å². The van der Waals surface area contributed by atoms with Gasteiger partial charge >= 0.3 is 0 Å². The number of hydrogen-bond donors (Lipinski definition) is 2. The molecule has 0 radical (unpaired) electrons. The Morgan fingerprint density at radius 1 is 1.12 bits per heavy atom. The van der Waals surface area contributed by atoms with Crippen molar-refractivity contribution in [2.75, 3.05) is 59.2 Å². The molecule has 0 aromatic rings. The number of hydrogen-bond acceptors (Lipinski definition) is 4. The van der Waals surface area contributed by atoms with Crippen LogP contribution < -0.4 is 10.6 Å². The molecule has 7 heteroatoms. The first-order valence-electron chi connectivity index (χ1n) is 10.1. The third kappa shape index (κ3) is 11.6. The van der Waals surface area contributed by atoms with Crippen molar-refractivity contribution in [2.45, 2.75) is 53.0 Å². The van der Waals surface area contributed by atoms with Crippen molar-refractivity contribution in [1.82, 2.24) is 15.5 Å². The number of halogens is 1. The van der Waals surface area contributed by atoms with Crippen molar-refractivity contribution >= 4 is 29.9 Å². The molecule has 1 fully saturated rings. The summed E-state index contributed by atoms with van der Waals surface area (Å²) in [4.78, 5) is 7.35. The van der Waals surface area contributed by atoms with Gasteiger partial charge in [0.05, 0.1) is 19.8 Å². The first kappa shape index (κ1) is 25.9. The minimum atomic E-state index is 0. The van der Waals surface area contributed by atoms with Gasteiger partial charge in [-0.2, -0.15) is 0 Å². The molecule has 0 saturated carbocycles. The molecular weight excluding hydrogens is 443 g/mol. The van der Waals surface area contributed by atoms with Gasteiger partial charge in [0.1, 0.15) is 0 Å². The zero-order valence-corrected chi connectivity index (χ0v) is 19.6.